The number of carbonyl (C=O) groups excluding carboxylic acids is 1. The third kappa shape index (κ3) is 12.0. The first-order chi connectivity index (χ1) is 23.1. The Morgan fingerprint density at radius 1 is 0.938 bits per heavy atom. The number of anilines is 2. The fourth-order valence-electron chi connectivity index (χ4n) is 4.46. The van der Waals surface area contributed by atoms with Gasteiger partial charge in [-0.3, -0.25) is 9.78 Å². The maximum atomic E-state index is 13.1. The van der Waals surface area contributed by atoms with Gasteiger partial charge >= 0.3 is 12.1 Å². The minimum atomic E-state index is -4.57. The number of hydrogen-bond acceptors (Lipinski definition) is 10. The van der Waals surface area contributed by atoms with Crippen LogP contribution in [0, 0.1) is 6.92 Å². The second-order valence-corrected chi connectivity index (χ2v) is 10.1. The van der Waals surface area contributed by atoms with E-state index in [9.17, 15) is 22.8 Å². The summed E-state index contributed by atoms with van der Waals surface area (Å²) in [7, 11) is 0. The van der Waals surface area contributed by atoms with Crippen LogP contribution in [0.4, 0.5) is 24.5 Å². The van der Waals surface area contributed by atoms with Gasteiger partial charge in [0.25, 0.3) is 5.91 Å². The Bertz CT molecular complexity index is 1470. The van der Waals surface area contributed by atoms with Crippen LogP contribution < -0.4 is 15.0 Å². The number of carbonyl (C=O) groups is 2. The van der Waals surface area contributed by atoms with Crippen molar-refractivity contribution in [3.63, 3.8) is 0 Å². The van der Waals surface area contributed by atoms with Crippen molar-refractivity contribution in [3.05, 3.63) is 65.6 Å². The molecule has 2 aromatic heterocycles. The summed E-state index contributed by atoms with van der Waals surface area (Å²) in [4.78, 5) is 34.3. The second kappa shape index (κ2) is 19.5. The molecule has 1 saturated heterocycles. The molecule has 262 valence electrons. The maximum absolute atomic E-state index is 13.1. The molecule has 0 bridgehead atoms. The van der Waals surface area contributed by atoms with Crippen molar-refractivity contribution in [2.75, 3.05) is 82.8 Å². The lowest BCUT2D eigenvalue weighted by Crippen LogP contribution is -2.36. The van der Waals surface area contributed by atoms with E-state index in [4.69, 9.17) is 28.8 Å². The van der Waals surface area contributed by atoms with Gasteiger partial charge in [0.15, 0.2) is 0 Å². The van der Waals surface area contributed by atoms with Crippen molar-refractivity contribution in [3.8, 4) is 17.0 Å². The summed E-state index contributed by atoms with van der Waals surface area (Å²) >= 11 is 0. The average molecular weight is 679 g/mol. The zero-order valence-corrected chi connectivity index (χ0v) is 27.2. The summed E-state index contributed by atoms with van der Waals surface area (Å²) in [5.41, 5.74) is 2.04. The normalized spacial score (nSPS) is 13.0. The average Bonchev–Trinajstić information content (AvgIpc) is 3.09. The first kappa shape index (κ1) is 38.1. The van der Waals surface area contributed by atoms with E-state index >= 15 is 0 Å². The maximum Gasteiger partial charge on any atom is 0.416 e. The smallest absolute Gasteiger partial charge is 0.416 e. The molecule has 0 atom stereocenters. The van der Waals surface area contributed by atoms with Crippen LogP contribution in [0.1, 0.15) is 35.5 Å². The molecular weight excluding hydrogens is 637 g/mol. The van der Waals surface area contributed by atoms with Crippen LogP contribution in [0.5, 0.6) is 5.88 Å². The lowest BCUT2D eigenvalue weighted by molar-refractivity contribution is -0.142. The Kier molecular flexibility index (Phi) is 15.5. The van der Waals surface area contributed by atoms with Crippen molar-refractivity contribution < 1.29 is 51.6 Å². The highest BCUT2D eigenvalue weighted by atomic mass is 19.4. The molecule has 1 amide bonds. The largest absolute Gasteiger partial charge is 0.480 e. The summed E-state index contributed by atoms with van der Waals surface area (Å²) in [6.45, 7) is 9.31. The number of halogens is 3. The molecule has 1 aliphatic rings. The van der Waals surface area contributed by atoms with E-state index in [1.807, 2.05) is 19.9 Å². The second-order valence-electron chi connectivity index (χ2n) is 10.1. The summed E-state index contributed by atoms with van der Waals surface area (Å²) in [5, 5.41) is 11.2. The van der Waals surface area contributed by atoms with Gasteiger partial charge in [0.2, 0.25) is 5.88 Å². The molecule has 1 fully saturated rings. The van der Waals surface area contributed by atoms with Crippen LogP contribution in [0.2, 0.25) is 0 Å². The molecule has 2 N–H and O–H groups in total. The molecule has 4 rings (SSSR count). The number of morpholine rings is 1. The number of aryl methyl sites for hydroxylation is 1. The van der Waals surface area contributed by atoms with Crippen molar-refractivity contribution >= 4 is 23.3 Å². The number of aromatic nitrogens is 2. The predicted octanol–water partition coefficient (Wildman–Crippen LogP) is 5.10. The van der Waals surface area contributed by atoms with Crippen LogP contribution in [-0.2, 0) is 29.9 Å². The first-order valence-corrected chi connectivity index (χ1v) is 15.5. The number of rotatable bonds is 16. The lowest BCUT2D eigenvalue weighted by Gasteiger charge is -2.30. The van der Waals surface area contributed by atoms with E-state index in [0.717, 1.165) is 17.8 Å². The van der Waals surface area contributed by atoms with Gasteiger partial charge in [0.05, 0.1) is 63.7 Å². The van der Waals surface area contributed by atoms with Gasteiger partial charge < -0.3 is 39.0 Å². The van der Waals surface area contributed by atoms with Crippen LogP contribution in [-0.4, -0.2) is 99.5 Å². The molecule has 15 heteroatoms. The molecule has 3 heterocycles. The van der Waals surface area contributed by atoms with Crippen LogP contribution in [0.15, 0.2) is 48.8 Å². The third-order valence-electron chi connectivity index (χ3n) is 6.73. The number of aliphatic carboxylic acids is 1. The van der Waals surface area contributed by atoms with E-state index in [1.165, 1.54) is 18.3 Å². The summed E-state index contributed by atoms with van der Waals surface area (Å²) < 4.78 is 66.7. The molecule has 3 aromatic rings. The number of nitrogens with zero attached hydrogens (tertiary/aromatic N) is 3. The van der Waals surface area contributed by atoms with Gasteiger partial charge in [-0.1, -0.05) is 19.9 Å². The van der Waals surface area contributed by atoms with Gasteiger partial charge in [-0.05, 0) is 37.3 Å². The lowest BCUT2D eigenvalue weighted by atomic mass is 10.0. The van der Waals surface area contributed by atoms with Gasteiger partial charge in [0, 0.05) is 41.7 Å². The fraction of sp³-hybridized carbons (Fsp3) is 0.455. The molecule has 1 aliphatic heterocycles. The number of alkyl halides is 3. The number of amides is 1. The fourth-order valence-corrected chi connectivity index (χ4v) is 4.46. The predicted molar refractivity (Wildman–Crippen MR) is 172 cm³/mol. The molecule has 0 saturated carbocycles. The number of carboxylic acid groups (broad SMARTS) is 1. The summed E-state index contributed by atoms with van der Waals surface area (Å²) in [6.07, 6.45) is -1.50. The van der Waals surface area contributed by atoms with Gasteiger partial charge in [0.1, 0.15) is 18.9 Å². The number of carboxylic acids is 1. The van der Waals surface area contributed by atoms with Gasteiger partial charge in [-0.2, -0.15) is 13.2 Å². The molecule has 1 aromatic carbocycles. The number of pyridine rings is 2. The van der Waals surface area contributed by atoms with Crippen molar-refractivity contribution in [1.29, 1.82) is 0 Å². The van der Waals surface area contributed by atoms with E-state index in [2.05, 4.69) is 20.2 Å². The number of hydrogen-bond donors (Lipinski definition) is 2. The van der Waals surface area contributed by atoms with Gasteiger partial charge in [-0.15, -0.1) is 0 Å². The molecular formula is C33H41F3N4O8. The standard InChI is InChI=1S/C31H35F3N4O8.C2H6/c1-21-26(17-25(19-35-21)37-29(41)22-3-2-4-24(15-22)31(32,33)34)23-16-27(38-5-7-42-8-6-38)30(36-18-23)46-14-13-44-10-9-43-11-12-45-20-28(39)40;1-2/h2-4,15-19H,5-14,20H2,1H3,(H,37,41)(H,39,40);1-2H3. The number of benzene rings is 1. The Hall–Kier alpha value is -4.31. The molecule has 0 radical (unpaired) electrons. The van der Waals surface area contributed by atoms with Gasteiger partial charge in [-0.25, -0.2) is 9.78 Å². The zero-order valence-electron chi connectivity index (χ0n) is 27.2. The topological polar surface area (TPSA) is 142 Å². The minimum Gasteiger partial charge on any atom is -0.480 e. The molecule has 0 spiro atoms. The SMILES string of the molecule is CC.Cc1ncc(NC(=O)c2cccc(C(F)(F)F)c2)cc1-c1cnc(OCCOCCOCCOCC(=O)O)c(N2CCOCC2)c1. The van der Waals surface area contributed by atoms with Crippen LogP contribution in [0.25, 0.3) is 11.1 Å². The highest BCUT2D eigenvalue weighted by Crippen LogP contribution is 2.34. The summed E-state index contributed by atoms with van der Waals surface area (Å²) in [5.74, 6) is -1.33. The quantitative estimate of drug-likeness (QED) is 0.196. The van der Waals surface area contributed by atoms with Crippen molar-refractivity contribution in [2.24, 2.45) is 0 Å². The van der Waals surface area contributed by atoms with E-state index in [1.54, 1.807) is 19.2 Å². The van der Waals surface area contributed by atoms with E-state index in [-0.39, 0.29) is 38.6 Å². The van der Waals surface area contributed by atoms with Crippen molar-refractivity contribution in [1.82, 2.24) is 9.97 Å². The third-order valence-corrected chi connectivity index (χ3v) is 6.73. The van der Waals surface area contributed by atoms with E-state index < -0.39 is 23.6 Å². The van der Waals surface area contributed by atoms with Crippen LogP contribution >= 0.6 is 0 Å². The Labute approximate surface area is 277 Å². The number of ether oxygens (including phenoxy) is 5. The molecule has 0 unspecified atom stereocenters. The summed E-state index contributed by atoms with van der Waals surface area (Å²) in [6, 6.07) is 7.82. The molecule has 48 heavy (non-hydrogen) atoms. The highest BCUT2D eigenvalue weighted by Gasteiger charge is 2.31. The Morgan fingerprint density at radius 3 is 2.27 bits per heavy atom. The Morgan fingerprint density at radius 2 is 1.60 bits per heavy atom. The van der Waals surface area contributed by atoms with Crippen molar-refractivity contribution in [2.45, 2.75) is 26.9 Å². The molecule has 0 aliphatic carbocycles. The minimum absolute atomic E-state index is 0.131. The Balaban J connectivity index is 0.00000307. The molecule has 12 nitrogen and oxygen atoms in total. The first-order valence-electron chi connectivity index (χ1n) is 15.5. The zero-order chi connectivity index (χ0) is 34.9. The number of nitrogens with one attached hydrogen (secondary N) is 1. The monoisotopic (exact) mass is 678 g/mol. The van der Waals surface area contributed by atoms with E-state index in [0.29, 0.717) is 67.9 Å². The van der Waals surface area contributed by atoms with Crippen LogP contribution in [0.3, 0.4) is 0 Å². The highest BCUT2D eigenvalue weighted by molar-refractivity contribution is 6.04.